The summed E-state index contributed by atoms with van der Waals surface area (Å²) in [7, 11) is 0. The normalized spacial score (nSPS) is 27.0. The Morgan fingerprint density at radius 3 is 2.48 bits per heavy atom. The average Bonchev–Trinajstić information content (AvgIpc) is 3.59. The summed E-state index contributed by atoms with van der Waals surface area (Å²) < 4.78 is 96.3. The van der Waals surface area contributed by atoms with Gasteiger partial charge in [0.2, 0.25) is 0 Å². The molecule has 4 saturated heterocycles. The number of pyridine rings is 1. The van der Waals surface area contributed by atoms with Crippen molar-refractivity contribution in [1.82, 2.24) is 25.2 Å². The van der Waals surface area contributed by atoms with E-state index < -0.39 is 57.3 Å². The number of nitrogens with zero attached hydrogens (tertiary/aromatic N) is 5. The number of halogens is 6. The number of aryl methyl sites for hydroxylation is 1. The first-order valence-corrected chi connectivity index (χ1v) is 15.0. The average molecular weight is 622 g/mol. The number of hydrogen-bond donors (Lipinski definition) is 2. The third kappa shape index (κ3) is 4.72. The second kappa shape index (κ2) is 10.3. The van der Waals surface area contributed by atoms with E-state index in [0.717, 1.165) is 58.2 Å². The van der Waals surface area contributed by atoms with Crippen LogP contribution in [-0.2, 0) is 6.18 Å². The Balaban J connectivity index is 1.40. The molecule has 44 heavy (non-hydrogen) atoms. The lowest BCUT2D eigenvalue weighted by Crippen LogP contribution is -2.51. The van der Waals surface area contributed by atoms with Gasteiger partial charge in [-0.2, -0.15) is 23.1 Å². The third-order valence-electron chi connectivity index (χ3n) is 9.71. The van der Waals surface area contributed by atoms with Crippen LogP contribution in [0.25, 0.3) is 22.0 Å². The second-order valence-electron chi connectivity index (χ2n) is 12.8. The maximum Gasteiger partial charge on any atom is 0.418 e. The molecule has 14 heteroatoms. The zero-order chi connectivity index (χ0) is 31.1. The van der Waals surface area contributed by atoms with E-state index >= 15 is 13.2 Å². The van der Waals surface area contributed by atoms with Gasteiger partial charge < -0.3 is 20.7 Å². The number of nitrogen functional groups attached to an aromatic ring is 1. The Bertz CT molecular complexity index is 1640. The Morgan fingerprint density at radius 2 is 1.77 bits per heavy atom. The van der Waals surface area contributed by atoms with Crippen LogP contribution in [0, 0.1) is 30.3 Å². The number of hydrogen-bond acceptors (Lipinski definition) is 8. The van der Waals surface area contributed by atoms with Gasteiger partial charge in [-0.1, -0.05) is 6.92 Å². The summed E-state index contributed by atoms with van der Waals surface area (Å²) in [4.78, 5) is 16.6. The summed E-state index contributed by atoms with van der Waals surface area (Å²) in [5.41, 5.74) is -0.00976. The van der Waals surface area contributed by atoms with Crippen LogP contribution in [-0.4, -0.2) is 70.3 Å². The van der Waals surface area contributed by atoms with E-state index in [1.165, 1.54) is 0 Å². The highest BCUT2D eigenvalue weighted by Crippen LogP contribution is 2.46. The van der Waals surface area contributed by atoms with Crippen molar-refractivity contribution in [2.75, 3.05) is 43.4 Å². The maximum absolute atomic E-state index is 16.5. The lowest BCUT2D eigenvalue weighted by atomic mass is 9.92. The number of ether oxygens (including phenoxy) is 1. The molecule has 3 aromatic rings. The molecule has 3 N–H and O–H groups in total. The predicted octanol–water partition coefficient (Wildman–Crippen LogP) is 5.21. The smallest absolute Gasteiger partial charge is 0.418 e. The fourth-order valence-electron chi connectivity index (χ4n) is 7.97. The number of rotatable bonds is 5. The van der Waals surface area contributed by atoms with Crippen molar-refractivity contribution >= 4 is 22.5 Å². The van der Waals surface area contributed by atoms with Gasteiger partial charge in [0.05, 0.1) is 22.4 Å². The predicted molar refractivity (Wildman–Crippen MR) is 152 cm³/mol. The van der Waals surface area contributed by atoms with Crippen molar-refractivity contribution < 1.29 is 31.1 Å². The molecule has 0 radical (unpaired) electrons. The van der Waals surface area contributed by atoms with E-state index in [1.807, 2.05) is 4.90 Å². The van der Waals surface area contributed by atoms with Crippen molar-refractivity contribution in [2.24, 2.45) is 5.92 Å². The van der Waals surface area contributed by atoms with Gasteiger partial charge in [-0.15, -0.1) is 0 Å². The molecule has 1 aromatic carbocycles. The summed E-state index contributed by atoms with van der Waals surface area (Å²) in [6.45, 7) is 6.29. The van der Waals surface area contributed by atoms with Gasteiger partial charge in [-0.3, -0.25) is 4.90 Å². The van der Waals surface area contributed by atoms with Crippen LogP contribution < -0.4 is 20.7 Å². The molecule has 236 valence electrons. The van der Waals surface area contributed by atoms with Gasteiger partial charge in [-0.05, 0) is 57.6 Å². The van der Waals surface area contributed by atoms with Crippen molar-refractivity contribution in [3.05, 3.63) is 34.8 Å². The Labute approximate surface area is 250 Å². The zero-order valence-corrected chi connectivity index (χ0v) is 24.4. The van der Waals surface area contributed by atoms with Crippen molar-refractivity contribution in [3.8, 4) is 17.1 Å². The van der Waals surface area contributed by atoms with Crippen LogP contribution in [0.15, 0.2) is 6.07 Å². The highest BCUT2D eigenvalue weighted by atomic mass is 19.4. The molecule has 2 bridgehead atoms. The van der Waals surface area contributed by atoms with Gasteiger partial charge in [0, 0.05) is 42.7 Å². The third-order valence-corrected chi connectivity index (χ3v) is 9.71. The topological polar surface area (TPSA) is 92.4 Å². The maximum atomic E-state index is 16.5. The molecule has 4 fully saturated rings. The zero-order valence-electron chi connectivity index (χ0n) is 24.4. The van der Waals surface area contributed by atoms with E-state index in [4.69, 9.17) is 10.5 Å². The lowest BCUT2D eigenvalue weighted by Gasteiger charge is -2.35. The highest BCUT2D eigenvalue weighted by molar-refractivity contribution is 5.94. The molecule has 0 amide bonds. The molecule has 0 spiro atoms. The highest BCUT2D eigenvalue weighted by Gasteiger charge is 2.48. The molecule has 0 saturated carbocycles. The second-order valence-corrected chi connectivity index (χ2v) is 12.8. The minimum Gasteiger partial charge on any atom is -0.461 e. The number of piperazine rings is 1. The molecule has 6 heterocycles. The molecule has 8 nitrogen and oxygen atoms in total. The van der Waals surface area contributed by atoms with E-state index in [0.29, 0.717) is 19.0 Å². The van der Waals surface area contributed by atoms with Crippen LogP contribution >= 0.6 is 0 Å². The van der Waals surface area contributed by atoms with Crippen LogP contribution in [0.4, 0.5) is 38.0 Å². The van der Waals surface area contributed by atoms with Gasteiger partial charge >= 0.3 is 12.2 Å². The molecular formula is C30H33F6N7O. The first-order valence-electron chi connectivity index (χ1n) is 15.0. The first kappa shape index (κ1) is 29.3. The Morgan fingerprint density at radius 1 is 1.05 bits per heavy atom. The largest absolute Gasteiger partial charge is 0.461 e. The van der Waals surface area contributed by atoms with Gasteiger partial charge in [0.1, 0.15) is 23.8 Å². The van der Waals surface area contributed by atoms with Gasteiger partial charge in [0.15, 0.2) is 17.5 Å². The van der Waals surface area contributed by atoms with E-state index in [2.05, 4.69) is 32.1 Å². The van der Waals surface area contributed by atoms with Crippen molar-refractivity contribution in [3.63, 3.8) is 0 Å². The number of aromatic nitrogens is 3. The fourth-order valence-corrected chi connectivity index (χ4v) is 7.97. The number of fused-ring (bicyclic) bond motifs is 4. The molecule has 4 aliphatic heterocycles. The molecule has 7 rings (SSSR count). The molecule has 4 aliphatic rings. The summed E-state index contributed by atoms with van der Waals surface area (Å²) in [6.07, 6.45) is -0.461. The Hall–Kier alpha value is -3.39. The summed E-state index contributed by atoms with van der Waals surface area (Å²) in [5, 5.41) is 3.46. The molecule has 2 aromatic heterocycles. The van der Waals surface area contributed by atoms with E-state index in [-0.39, 0.29) is 41.4 Å². The minimum absolute atomic E-state index is 0.0414. The van der Waals surface area contributed by atoms with Gasteiger partial charge in [-0.25, -0.2) is 18.2 Å². The van der Waals surface area contributed by atoms with E-state index in [1.54, 1.807) is 0 Å². The minimum atomic E-state index is -5.18. The SMILES string of the molecule is Cc1nc(N)c(F)c(-c2c(F)cc3c(N4CC5CCC(C4)N5)nc(OC[C@@]45CCCN4C[C@H](C)C5)nc3c2F)c1C(F)(F)F. The monoisotopic (exact) mass is 621 g/mol. The van der Waals surface area contributed by atoms with Crippen LogP contribution in [0.3, 0.4) is 0 Å². The quantitative estimate of drug-likeness (QED) is 0.376. The van der Waals surface area contributed by atoms with Gasteiger partial charge in [0.25, 0.3) is 0 Å². The number of anilines is 2. The summed E-state index contributed by atoms with van der Waals surface area (Å²) >= 11 is 0. The van der Waals surface area contributed by atoms with Crippen LogP contribution in [0.2, 0.25) is 0 Å². The van der Waals surface area contributed by atoms with Crippen molar-refractivity contribution in [2.45, 2.75) is 69.8 Å². The number of nitrogens with one attached hydrogen (secondary N) is 1. The van der Waals surface area contributed by atoms with Crippen LogP contribution in [0.5, 0.6) is 6.01 Å². The first-order chi connectivity index (χ1) is 20.8. The fraction of sp³-hybridized carbons (Fsp3) is 0.567. The number of nitrogens with two attached hydrogens (primary N) is 1. The number of alkyl halides is 3. The molecule has 2 unspecified atom stereocenters. The van der Waals surface area contributed by atoms with E-state index in [9.17, 15) is 13.2 Å². The summed E-state index contributed by atoms with van der Waals surface area (Å²) in [6, 6.07) is 0.999. The number of benzene rings is 1. The standard InChI is InChI=1S/C30H33F6N7O/c1-14-9-29(6-3-7-43(29)10-14)13-44-28-40-25-18(27(41-28)42-11-16-4-5-17(12-42)39-16)8-19(31)20(23(25)32)21-22(30(34,35)36)15(2)38-26(37)24(21)33/h8,14,16-17,39H,3-7,9-13H2,1-2H3,(H2,37,38)/t14-,16?,17?,29+/m1/s1. The Kier molecular flexibility index (Phi) is 6.88. The molecule has 4 atom stereocenters. The molecule has 0 aliphatic carbocycles. The lowest BCUT2D eigenvalue weighted by molar-refractivity contribution is -0.137. The van der Waals surface area contributed by atoms with Crippen molar-refractivity contribution in [1.29, 1.82) is 0 Å². The van der Waals surface area contributed by atoms with Crippen LogP contribution in [0.1, 0.15) is 50.3 Å². The summed E-state index contributed by atoms with van der Waals surface area (Å²) in [5.74, 6) is -4.74. The molecular weight excluding hydrogens is 588 g/mol.